The van der Waals surface area contributed by atoms with E-state index < -0.39 is 11.5 Å². The number of rotatable bonds is 1. The first kappa shape index (κ1) is 12.0. The van der Waals surface area contributed by atoms with Gasteiger partial charge in [0.1, 0.15) is 0 Å². The molecule has 1 aromatic rings. The Morgan fingerprint density at radius 2 is 2.35 bits per heavy atom. The molecule has 0 bridgehead atoms. The van der Waals surface area contributed by atoms with Gasteiger partial charge in [0, 0.05) is 12.7 Å². The van der Waals surface area contributed by atoms with Gasteiger partial charge in [0.05, 0.1) is 24.3 Å². The zero-order valence-electron chi connectivity index (χ0n) is 9.94. The van der Waals surface area contributed by atoms with Crippen LogP contribution in [0.5, 0.6) is 0 Å². The molecule has 2 heterocycles. The topological polar surface area (TPSA) is 42.4 Å². The second-order valence-electron chi connectivity index (χ2n) is 4.66. The van der Waals surface area contributed by atoms with Crippen LogP contribution in [0.25, 0.3) is 0 Å². The molecule has 2 rings (SSSR count). The van der Waals surface area contributed by atoms with E-state index >= 15 is 0 Å². The van der Waals surface area contributed by atoms with Gasteiger partial charge in [-0.1, -0.05) is 0 Å². The highest BCUT2D eigenvalue weighted by atomic mass is 19.1. The van der Waals surface area contributed by atoms with Crippen LogP contribution in [0, 0.1) is 5.95 Å². The van der Waals surface area contributed by atoms with Crippen LogP contribution in [0.15, 0.2) is 18.3 Å². The fourth-order valence-corrected chi connectivity index (χ4v) is 1.93. The predicted octanol–water partition coefficient (Wildman–Crippen LogP) is 1.47. The summed E-state index contributed by atoms with van der Waals surface area (Å²) in [4.78, 5) is 17.4. The minimum Gasteiger partial charge on any atom is -0.377 e. The zero-order chi connectivity index (χ0) is 12.5. The first-order valence-corrected chi connectivity index (χ1v) is 5.52. The molecule has 0 spiro atoms. The van der Waals surface area contributed by atoms with Crippen molar-refractivity contribution in [1.82, 2.24) is 9.88 Å². The number of carbonyl (C=O) groups is 1. The minimum atomic E-state index is -0.722. The Labute approximate surface area is 99.4 Å². The van der Waals surface area contributed by atoms with Crippen molar-refractivity contribution in [2.45, 2.75) is 19.4 Å². The van der Waals surface area contributed by atoms with Gasteiger partial charge in [-0.05, 0) is 26.0 Å². The Morgan fingerprint density at radius 1 is 1.59 bits per heavy atom. The van der Waals surface area contributed by atoms with E-state index in [1.807, 2.05) is 13.8 Å². The minimum absolute atomic E-state index is 0.0162. The average molecular weight is 238 g/mol. The van der Waals surface area contributed by atoms with Crippen molar-refractivity contribution in [1.29, 1.82) is 0 Å². The molecule has 1 amide bonds. The van der Waals surface area contributed by atoms with Gasteiger partial charge in [-0.25, -0.2) is 4.98 Å². The number of carbonyl (C=O) groups excluding carboxylic acids is 1. The quantitative estimate of drug-likeness (QED) is 0.696. The van der Waals surface area contributed by atoms with Gasteiger partial charge >= 0.3 is 0 Å². The summed E-state index contributed by atoms with van der Waals surface area (Å²) in [6.07, 6.45) is 1.33. The molecule has 0 radical (unpaired) electrons. The van der Waals surface area contributed by atoms with Crippen LogP contribution in [0.3, 0.4) is 0 Å². The van der Waals surface area contributed by atoms with Crippen molar-refractivity contribution in [3.05, 3.63) is 29.8 Å². The second kappa shape index (κ2) is 4.41. The summed E-state index contributed by atoms with van der Waals surface area (Å²) in [6, 6.07) is 3.01. The lowest BCUT2D eigenvalue weighted by Gasteiger charge is -2.42. The molecule has 92 valence electrons. The summed E-state index contributed by atoms with van der Waals surface area (Å²) in [5, 5.41) is 0. The van der Waals surface area contributed by atoms with Crippen LogP contribution >= 0.6 is 0 Å². The number of hydrogen-bond acceptors (Lipinski definition) is 3. The van der Waals surface area contributed by atoms with Gasteiger partial charge in [0.2, 0.25) is 5.95 Å². The molecule has 1 aromatic heterocycles. The highest BCUT2D eigenvalue weighted by Gasteiger charge is 2.35. The molecule has 1 fully saturated rings. The number of nitrogens with zero attached hydrogens (tertiary/aromatic N) is 2. The van der Waals surface area contributed by atoms with Crippen molar-refractivity contribution in [3.8, 4) is 0 Å². The third-order valence-electron chi connectivity index (χ3n) is 2.88. The SMILES string of the molecule is CC1(C)COCCN1C(=O)c1cccnc1F. The molecule has 0 aliphatic carbocycles. The molecular formula is C12H15FN2O2. The third-order valence-corrected chi connectivity index (χ3v) is 2.88. The average Bonchev–Trinajstić information content (AvgIpc) is 2.28. The van der Waals surface area contributed by atoms with Gasteiger partial charge in [-0.2, -0.15) is 4.39 Å². The van der Waals surface area contributed by atoms with E-state index in [1.54, 1.807) is 11.0 Å². The van der Waals surface area contributed by atoms with E-state index in [0.29, 0.717) is 19.8 Å². The second-order valence-corrected chi connectivity index (χ2v) is 4.66. The molecule has 1 aliphatic heterocycles. The highest BCUT2D eigenvalue weighted by molar-refractivity contribution is 5.94. The maximum atomic E-state index is 13.5. The number of amides is 1. The molecule has 1 aliphatic rings. The lowest BCUT2D eigenvalue weighted by Crippen LogP contribution is -2.55. The largest absolute Gasteiger partial charge is 0.377 e. The summed E-state index contributed by atoms with van der Waals surface area (Å²) in [5.41, 5.74) is -0.403. The van der Waals surface area contributed by atoms with Crippen molar-refractivity contribution in [2.75, 3.05) is 19.8 Å². The standard InChI is InChI=1S/C12H15FN2O2/c1-12(2)8-17-7-6-15(12)11(16)9-4-3-5-14-10(9)13/h3-5H,6-8H2,1-2H3. The Morgan fingerprint density at radius 3 is 3.00 bits per heavy atom. The van der Waals surface area contributed by atoms with E-state index in [2.05, 4.69) is 4.98 Å². The molecule has 0 N–H and O–H groups in total. The van der Waals surface area contributed by atoms with E-state index in [9.17, 15) is 9.18 Å². The molecule has 0 saturated carbocycles. The van der Waals surface area contributed by atoms with E-state index in [1.165, 1.54) is 12.3 Å². The number of hydrogen-bond donors (Lipinski definition) is 0. The van der Waals surface area contributed by atoms with Crippen LogP contribution in [0.2, 0.25) is 0 Å². The van der Waals surface area contributed by atoms with Crippen molar-refractivity contribution in [2.24, 2.45) is 0 Å². The maximum Gasteiger partial charge on any atom is 0.259 e. The first-order valence-electron chi connectivity index (χ1n) is 5.52. The molecule has 5 heteroatoms. The zero-order valence-corrected chi connectivity index (χ0v) is 9.94. The van der Waals surface area contributed by atoms with Gasteiger partial charge in [0.25, 0.3) is 5.91 Å². The fraction of sp³-hybridized carbons (Fsp3) is 0.500. The summed E-state index contributed by atoms with van der Waals surface area (Å²) < 4.78 is 18.8. The predicted molar refractivity (Wildman–Crippen MR) is 60.1 cm³/mol. The van der Waals surface area contributed by atoms with Crippen LogP contribution < -0.4 is 0 Å². The molecule has 1 saturated heterocycles. The Hall–Kier alpha value is -1.49. The first-order chi connectivity index (χ1) is 8.02. The molecule has 0 unspecified atom stereocenters. The van der Waals surface area contributed by atoms with Crippen molar-refractivity contribution in [3.63, 3.8) is 0 Å². The van der Waals surface area contributed by atoms with Crippen molar-refractivity contribution >= 4 is 5.91 Å². The van der Waals surface area contributed by atoms with Gasteiger partial charge in [0.15, 0.2) is 0 Å². The van der Waals surface area contributed by atoms with Crippen LogP contribution in [-0.2, 0) is 4.74 Å². The van der Waals surface area contributed by atoms with Crippen LogP contribution in [0.1, 0.15) is 24.2 Å². The smallest absolute Gasteiger partial charge is 0.259 e. The monoisotopic (exact) mass is 238 g/mol. The molecule has 4 nitrogen and oxygen atoms in total. The normalized spacial score (nSPS) is 19.1. The third kappa shape index (κ3) is 2.29. The lowest BCUT2D eigenvalue weighted by molar-refractivity contribution is -0.0372. The van der Waals surface area contributed by atoms with E-state index in [4.69, 9.17) is 4.74 Å². The van der Waals surface area contributed by atoms with Crippen LogP contribution in [0.4, 0.5) is 4.39 Å². The van der Waals surface area contributed by atoms with E-state index in [0.717, 1.165) is 0 Å². The summed E-state index contributed by atoms with van der Waals surface area (Å²) in [7, 11) is 0. The van der Waals surface area contributed by atoms with Crippen molar-refractivity contribution < 1.29 is 13.9 Å². The number of ether oxygens (including phenoxy) is 1. The number of aromatic nitrogens is 1. The summed E-state index contributed by atoms with van der Waals surface area (Å²) in [5.74, 6) is -1.05. The number of morpholine rings is 1. The van der Waals surface area contributed by atoms with Gasteiger partial charge in [-0.3, -0.25) is 4.79 Å². The van der Waals surface area contributed by atoms with Gasteiger partial charge < -0.3 is 9.64 Å². The van der Waals surface area contributed by atoms with E-state index in [-0.39, 0.29) is 11.5 Å². The molecule has 0 atom stereocenters. The Balaban J connectivity index is 2.28. The summed E-state index contributed by atoms with van der Waals surface area (Å²) >= 11 is 0. The van der Waals surface area contributed by atoms with Crippen LogP contribution in [-0.4, -0.2) is 41.1 Å². The number of pyridine rings is 1. The molecule has 0 aromatic carbocycles. The maximum absolute atomic E-state index is 13.5. The fourth-order valence-electron chi connectivity index (χ4n) is 1.93. The van der Waals surface area contributed by atoms with Gasteiger partial charge in [-0.15, -0.1) is 0 Å². The Kier molecular flexibility index (Phi) is 3.11. The summed E-state index contributed by atoms with van der Waals surface area (Å²) in [6.45, 7) is 5.22. The highest BCUT2D eigenvalue weighted by Crippen LogP contribution is 2.22. The molecule has 17 heavy (non-hydrogen) atoms. The number of halogens is 1. The molecular weight excluding hydrogens is 223 g/mol. The Bertz CT molecular complexity index is 434. The lowest BCUT2D eigenvalue weighted by atomic mass is 10.0.